The standard InChI is InChI=1S/C12H14Cl3NO/c1-8-3-4-9(5-10(8)15)11(17)16-12(2,6-13)7-14/h3-5H,6-7H2,1-2H3,(H,16,17). The molecule has 17 heavy (non-hydrogen) atoms. The zero-order valence-electron chi connectivity index (χ0n) is 9.69. The largest absolute Gasteiger partial charge is 0.344 e. The van der Waals surface area contributed by atoms with Gasteiger partial charge in [-0.15, -0.1) is 23.2 Å². The zero-order valence-corrected chi connectivity index (χ0v) is 12.0. The minimum absolute atomic E-state index is 0.226. The second-order valence-corrected chi connectivity index (χ2v) is 5.19. The van der Waals surface area contributed by atoms with Gasteiger partial charge in [-0.1, -0.05) is 17.7 Å². The van der Waals surface area contributed by atoms with Gasteiger partial charge in [0.05, 0.1) is 5.54 Å². The fourth-order valence-corrected chi connectivity index (χ4v) is 1.78. The molecule has 0 unspecified atom stereocenters. The number of rotatable bonds is 4. The Labute approximate surface area is 116 Å². The molecule has 0 bridgehead atoms. The van der Waals surface area contributed by atoms with Crippen LogP contribution in [0.15, 0.2) is 18.2 Å². The number of benzene rings is 1. The highest BCUT2D eigenvalue weighted by Gasteiger charge is 2.24. The van der Waals surface area contributed by atoms with Crippen molar-refractivity contribution >= 4 is 40.7 Å². The van der Waals surface area contributed by atoms with Crippen molar-refractivity contribution in [1.82, 2.24) is 5.32 Å². The highest BCUT2D eigenvalue weighted by atomic mass is 35.5. The minimum atomic E-state index is -0.614. The Morgan fingerprint density at radius 3 is 2.41 bits per heavy atom. The Morgan fingerprint density at radius 1 is 1.35 bits per heavy atom. The third-order valence-electron chi connectivity index (χ3n) is 2.44. The van der Waals surface area contributed by atoms with Gasteiger partial charge in [0.2, 0.25) is 0 Å². The lowest BCUT2D eigenvalue weighted by molar-refractivity contribution is 0.0921. The van der Waals surface area contributed by atoms with Crippen LogP contribution in [-0.4, -0.2) is 23.2 Å². The fourth-order valence-electron chi connectivity index (χ4n) is 1.18. The summed E-state index contributed by atoms with van der Waals surface area (Å²) >= 11 is 17.5. The highest BCUT2D eigenvalue weighted by Crippen LogP contribution is 2.18. The molecule has 0 heterocycles. The van der Waals surface area contributed by atoms with E-state index in [2.05, 4.69) is 5.32 Å². The number of hydrogen-bond donors (Lipinski definition) is 1. The van der Waals surface area contributed by atoms with Gasteiger partial charge in [-0.3, -0.25) is 4.79 Å². The normalized spacial score (nSPS) is 11.4. The second kappa shape index (κ2) is 5.94. The second-order valence-electron chi connectivity index (χ2n) is 4.25. The van der Waals surface area contributed by atoms with E-state index < -0.39 is 5.54 Å². The molecule has 1 amide bonds. The topological polar surface area (TPSA) is 29.1 Å². The summed E-state index contributed by atoms with van der Waals surface area (Å²) in [5.41, 5.74) is 0.820. The quantitative estimate of drug-likeness (QED) is 0.844. The van der Waals surface area contributed by atoms with Crippen molar-refractivity contribution in [2.75, 3.05) is 11.8 Å². The maximum atomic E-state index is 12.0. The highest BCUT2D eigenvalue weighted by molar-refractivity contribution is 6.31. The fraction of sp³-hybridized carbons (Fsp3) is 0.417. The maximum absolute atomic E-state index is 12.0. The third-order valence-corrected chi connectivity index (χ3v) is 4.03. The Kier molecular flexibility index (Phi) is 5.11. The molecule has 1 N–H and O–H groups in total. The summed E-state index contributed by atoms with van der Waals surface area (Å²) in [5.74, 6) is 0.277. The van der Waals surface area contributed by atoms with Crippen molar-refractivity contribution in [3.63, 3.8) is 0 Å². The lowest BCUT2D eigenvalue weighted by Crippen LogP contribution is -2.49. The van der Waals surface area contributed by atoms with E-state index in [0.29, 0.717) is 10.6 Å². The molecule has 0 radical (unpaired) electrons. The number of hydrogen-bond acceptors (Lipinski definition) is 1. The van der Waals surface area contributed by atoms with Gasteiger partial charge in [-0.2, -0.15) is 0 Å². The van der Waals surface area contributed by atoms with Crippen LogP contribution in [0.25, 0.3) is 0 Å². The van der Waals surface area contributed by atoms with E-state index in [-0.39, 0.29) is 17.7 Å². The summed E-state index contributed by atoms with van der Waals surface area (Å²) in [6, 6.07) is 5.16. The first kappa shape index (κ1) is 14.6. The average Bonchev–Trinajstić information content (AvgIpc) is 2.32. The lowest BCUT2D eigenvalue weighted by Gasteiger charge is -2.25. The molecule has 0 aromatic heterocycles. The molecule has 5 heteroatoms. The molecule has 0 aliphatic heterocycles. The minimum Gasteiger partial charge on any atom is -0.344 e. The van der Waals surface area contributed by atoms with E-state index in [1.165, 1.54) is 0 Å². The van der Waals surface area contributed by atoms with E-state index in [1.54, 1.807) is 25.1 Å². The van der Waals surface area contributed by atoms with Crippen molar-refractivity contribution in [3.05, 3.63) is 34.3 Å². The van der Waals surface area contributed by atoms with Crippen molar-refractivity contribution in [1.29, 1.82) is 0 Å². The zero-order chi connectivity index (χ0) is 13.1. The van der Waals surface area contributed by atoms with E-state index >= 15 is 0 Å². The van der Waals surface area contributed by atoms with Crippen LogP contribution >= 0.6 is 34.8 Å². The molecule has 0 aliphatic rings. The number of carbonyl (C=O) groups is 1. The van der Waals surface area contributed by atoms with Gasteiger partial charge in [0.15, 0.2) is 0 Å². The summed E-state index contributed by atoms with van der Waals surface area (Å²) in [4.78, 5) is 12.0. The van der Waals surface area contributed by atoms with Crippen LogP contribution in [0.5, 0.6) is 0 Å². The Bertz CT molecular complexity index is 416. The van der Waals surface area contributed by atoms with Crippen LogP contribution < -0.4 is 5.32 Å². The molecule has 0 aliphatic carbocycles. The van der Waals surface area contributed by atoms with Crippen molar-refractivity contribution in [2.45, 2.75) is 19.4 Å². The summed E-state index contributed by atoms with van der Waals surface area (Å²) in [6.45, 7) is 3.67. The van der Waals surface area contributed by atoms with Crippen molar-refractivity contribution in [3.8, 4) is 0 Å². The van der Waals surface area contributed by atoms with E-state index in [1.807, 2.05) is 6.92 Å². The number of aryl methyl sites for hydroxylation is 1. The van der Waals surface area contributed by atoms with Crippen molar-refractivity contribution < 1.29 is 4.79 Å². The molecule has 0 fully saturated rings. The molecular formula is C12H14Cl3NO. The Balaban J connectivity index is 2.86. The summed E-state index contributed by atoms with van der Waals surface area (Å²) in [5, 5.41) is 3.36. The van der Waals surface area contributed by atoms with E-state index in [4.69, 9.17) is 34.8 Å². The van der Waals surface area contributed by atoms with Crippen LogP contribution in [0.4, 0.5) is 0 Å². The van der Waals surface area contributed by atoms with Crippen LogP contribution in [-0.2, 0) is 0 Å². The van der Waals surface area contributed by atoms with Crippen LogP contribution in [0.3, 0.4) is 0 Å². The van der Waals surface area contributed by atoms with Crippen LogP contribution in [0.1, 0.15) is 22.8 Å². The first-order valence-electron chi connectivity index (χ1n) is 5.12. The molecule has 1 rings (SSSR count). The van der Waals surface area contributed by atoms with Gasteiger partial charge >= 0.3 is 0 Å². The Morgan fingerprint density at radius 2 is 1.94 bits per heavy atom. The molecule has 0 saturated carbocycles. The third kappa shape index (κ3) is 3.77. The first-order chi connectivity index (χ1) is 7.91. The van der Waals surface area contributed by atoms with Gasteiger partial charge in [0.1, 0.15) is 0 Å². The molecular weight excluding hydrogens is 280 g/mol. The molecule has 94 valence electrons. The van der Waals surface area contributed by atoms with E-state index in [9.17, 15) is 4.79 Å². The van der Waals surface area contributed by atoms with Crippen molar-refractivity contribution in [2.24, 2.45) is 0 Å². The summed E-state index contributed by atoms with van der Waals surface area (Å²) < 4.78 is 0. The van der Waals surface area contributed by atoms with Crippen LogP contribution in [0, 0.1) is 6.92 Å². The van der Waals surface area contributed by atoms with E-state index in [0.717, 1.165) is 5.56 Å². The number of halogens is 3. The smallest absolute Gasteiger partial charge is 0.251 e. The van der Waals surface area contributed by atoms with Gasteiger partial charge in [0, 0.05) is 22.3 Å². The SMILES string of the molecule is Cc1ccc(C(=O)NC(C)(CCl)CCl)cc1Cl. The average molecular weight is 295 g/mol. The Hall–Kier alpha value is -0.440. The monoisotopic (exact) mass is 293 g/mol. The molecule has 2 nitrogen and oxygen atoms in total. The number of carbonyl (C=O) groups excluding carboxylic acids is 1. The number of amides is 1. The van der Waals surface area contributed by atoms with Crippen LogP contribution in [0.2, 0.25) is 5.02 Å². The predicted molar refractivity (Wildman–Crippen MR) is 73.5 cm³/mol. The molecule has 1 aromatic rings. The number of alkyl halides is 2. The maximum Gasteiger partial charge on any atom is 0.251 e. The number of nitrogens with one attached hydrogen (secondary N) is 1. The van der Waals surface area contributed by atoms with Gasteiger partial charge in [-0.05, 0) is 31.5 Å². The molecule has 0 spiro atoms. The van der Waals surface area contributed by atoms with Gasteiger partial charge in [-0.25, -0.2) is 0 Å². The summed E-state index contributed by atoms with van der Waals surface area (Å²) in [6.07, 6.45) is 0. The van der Waals surface area contributed by atoms with Gasteiger partial charge in [0.25, 0.3) is 5.91 Å². The van der Waals surface area contributed by atoms with Gasteiger partial charge < -0.3 is 5.32 Å². The molecule has 1 aromatic carbocycles. The molecule has 0 saturated heterocycles. The molecule has 0 atom stereocenters. The predicted octanol–water partition coefficient (Wildman–Crippen LogP) is 3.61. The lowest BCUT2D eigenvalue weighted by atomic mass is 10.1. The first-order valence-corrected chi connectivity index (χ1v) is 6.57. The summed E-state index contributed by atoms with van der Waals surface area (Å²) in [7, 11) is 0.